The maximum atomic E-state index is 13.0. The Kier molecular flexibility index (Phi) is 8.55. The van der Waals surface area contributed by atoms with Gasteiger partial charge in [-0.2, -0.15) is 17.8 Å². The van der Waals surface area contributed by atoms with E-state index in [0.29, 0.717) is 0 Å². The molecule has 210 valence electrons. The molecule has 17 heteroatoms. The summed E-state index contributed by atoms with van der Waals surface area (Å²) < 4.78 is 33.7. The summed E-state index contributed by atoms with van der Waals surface area (Å²) in [6.45, 7) is 5.28. The van der Waals surface area contributed by atoms with Crippen molar-refractivity contribution in [2.24, 2.45) is 5.16 Å². The number of allylic oxidation sites excluding steroid dienone is 1. The lowest BCUT2D eigenvalue weighted by Crippen LogP contribution is -2.71. The second-order valence-corrected chi connectivity index (χ2v) is 11.6. The van der Waals surface area contributed by atoms with E-state index in [0.717, 1.165) is 40.0 Å². The van der Waals surface area contributed by atoms with Crippen LogP contribution in [0.3, 0.4) is 0 Å². The van der Waals surface area contributed by atoms with Gasteiger partial charge < -0.3 is 25.2 Å². The predicted molar refractivity (Wildman–Crippen MR) is 145 cm³/mol. The first-order chi connectivity index (χ1) is 19.0. The number of amides is 2. The summed E-state index contributed by atoms with van der Waals surface area (Å²) >= 11 is 2.00. The molecular formula is C23H22N6O8S3. The second kappa shape index (κ2) is 11.9. The predicted octanol–water partition coefficient (Wildman–Crippen LogP) is 0.993. The minimum absolute atomic E-state index is 0.00981. The lowest BCUT2D eigenvalue weighted by Gasteiger charge is -2.49. The molecule has 1 saturated heterocycles. The average molecular weight is 607 g/mol. The molecule has 3 heterocycles. The van der Waals surface area contributed by atoms with Crippen LogP contribution in [0.1, 0.15) is 11.4 Å². The maximum Gasteiger partial charge on any atom is 0.352 e. The van der Waals surface area contributed by atoms with Gasteiger partial charge in [-0.25, -0.2) is 4.79 Å². The van der Waals surface area contributed by atoms with E-state index >= 15 is 0 Å². The van der Waals surface area contributed by atoms with Crippen LogP contribution in [-0.2, 0) is 33.5 Å². The van der Waals surface area contributed by atoms with E-state index in [1.165, 1.54) is 24.3 Å². The quantitative estimate of drug-likeness (QED) is 0.0623. The number of nitrogens with zero attached hydrogens (tertiary/aromatic N) is 4. The summed E-state index contributed by atoms with van der Waals surface area (Å²) in [4.78, 5) is 47.9. The zero-order valence-electron chi connectivity index (χ0n) is 20.7. The van der Waals surface area contributed by atoms with E-state index in [-0.39, 0.29) is 45.2 Å². The summed E-state index contributed by atoms with van der Waals surface area (Å²) in [6, 6.07) is 4.90. The molecule has 0 aliphatic carbocycles. The van der Waals surface area contributed by atoms with Crippen LogP contribution in [0.2, 0.25) is 0 Å². The third kappa shape index (κ3) is 6.00. The van der Waals surface area contributed by atoms with Gasteiger partial charge in [-0.3, -0.25) is 14.5 Å². The number of β-lactam (4-membered cyclic amide) rings is 1. The topological polar surface area (TPSA) is 203 Å². The minimum atomic E-state index is -4.13. The number of thioether (sulfide) groups is 1. The molecule has 0 saturated carbocycles. The van der Waals surface area contributed by atoms with Crippen molar-refractivity contribution in [3.05, 3.63) is 71.9 Å². The van der Waals surface area contributed by atoms with Crippen LogP contribution < -0.4 is 11.1 Å². The normalized spacial score (nSPS) is 19.2. The van der Waals surface area contributed by atoms with Crippen molar-refractivity contribution in [1.29, 1.82) is 0 Å². The van der Waals surface area contributed by atoms with E-state index in [4.69, 9.17) is 14.8 Å². The number of aryl methyl sites for hydroxylation is 1. The number of carbonyl (C=O) groups excluding carboxylic acids is 2. The van der Waals surface area contributed by atoms with Crippen molar-refractivity contribution in [3.63, 3.8) is 0 Å². The van der Waals surface area contributed by atoms with Crippen LogP contribution in [0, 0.1) is 6.92 Å². The van der Waals surface area contributed by atoms with E-state index in [2.05, 4.69) is 26.4 Å². The molecule has 2 atom stereocenters. The smallest absolute Gasteiger partial charge is 0.352 e. The summed E-state index contributed by atoms with van der Waals surface area (Å²) in [7, 11) is -4.13. The fraction of sp³-hybridized carbons (Fsp3) is 0.217. The molecule has 4 N–H and O–H groups in total. The Morgan fingerprint density at radius 3 is 2.70 bits per heavy atom. The second-order valence-electron chi connectivity index (χ2n) is 8.19. The fourth-order valence-corrected chi connectivity index (χ4v) is 6.13. The largest absolute Gasteiger partial charge is 0.477 e. The van der Waals surface area contributed by atoms with Crippen LogP contribution in [0.5, 0.6) is 0 Å². The van der Waals surface area contributed by atoms with Crippen LogP contribution in [0.25, 0.3) is 0 Å². The number of carboxylic acid groups (broad SMARTS) is 1. The number of nitrogens with two attached hydrogens (primary N) is 1. The zero-order valence-corrected chi connectivity index (χ0v) is 23.2. The van der Waals surface area contributed by atoms with Crippen molar-refractivity contribution in [3.8, 4) is 0 Å². The monoisotopic (exact) mass is 606 g/mol. The lowest BCUT2D eigenvalue weighted by atomic mass is 10.0. The first-order valence-corrected chi connectivity index (χ1v) is 14.6. The molecule has 1 unspecified atom stereocenters. The van der Waals surface area contributed by atoms with E-state index in [9.17, 15) is 27.9 Å². The van der Waals surface area contributed by atoms with Gasteiger partial charge in [0.2, 0.25) is 11.5 Å². The summed E-state index contributed by atoms with van der Waals surface area (Å²) in [5.74, 6) is -2.96. The van der Waals surface area contributed by atoms with E-state index in [1.54, 1.807) is 19.1 Å². The number of rotatable bonds is 11. The summed E-state index contributed by atoms with van der Waals surface area (Å²) in [6.07, 6.45) is 3.44. The first-order valence-electron chi connectivity index (χ1n) is 11.3. The average Bonchev–Trinajstić information content (AvgIpc) is 3.34. The van der Waals surface area contributed by atoms with E-state index < -0.39 is 39.3 Å². The number of fused-ring (bicyclic) bond motifs is 1. The number of hydrogen-bond donors (Lipinski definition) is 3. The molecular weight excluding hydrogens is 584 g/mol. The Bertz CT molecular complexity index is 1550. The molecule has 2 aliphatic rings. The number of carbonyl (C=O) groups is 3. The third-order valence-electron chi connectivity index (χ3n) is 5.46. The molecule has 4 rings (SSSR count). The van der Waals surface area contributed by atoms with E-state index in [1.807, 2.05) is 0 Å². The standard InChI is InChI=1S/C23H22N6O8S3/c1-3-9-36-27-15(18-26-23(24)39-28-18)19(30)25-16-20(31)29-17(22(32)33)13(11-38-21(16)29)8-10-37-40(34,35)14-6-4-12(2)5-7-14/h3-8,10,16,21H,1,9,11H2,2H3,(H,25,30)(H,32,33)(H2,24,26,28)/t16?,21-/m0/s1. The number of hydrogen-bond acceptors (Lipinski definition) is 13. The SMILES string of the molecule is C=CCON=C(C(=O)NC1C(=O)N2C(C(=O)O)=C(C=COS(=O)(=O)c3ccc(C)cc3)CS[C@@H]12)c1nsc(N)n1. The van der Waals surface area contributed by atoms with Gasteiger partial charge in [0.25, 0.3) is 11.8 Å². The highest BCUT2D eigenvalue weighted by molar-refractivity contribution is 8.00. The third-order valence-corrected chi connectivity index (χ3v) is 8.52. The molecule has 1 aromatic carbocycles. The summed E-state index contributed by atoms with van der Waals surface area (Å²) in [5.41, 5.74) is 5.92. The number of nitrogen functional groups attached to an aromatic ring is 1. The number of nitrogens with one attached hydrogen (secondary N) is 1. The molecule has 1 fully saturated rings. The number of carboxylic acids is 1. The van der Waals surface area contributed by atoms with Crippen LogP contribution >= 0.6 is 23.3 Å². The van der Waals surface area contributed by atoms with Crippen LogP contribution in [0.15, 0.2) is 70.6 Å². The number of oxime groups is 1. The Morgan fingerprint density at radius 2 is 2.08 bits per heavy atom. The Hall–Kier alpha value is -4.22. The molecule has 0 radical (unpaired) electrons. The van der Waals surface area contributed by atoms with Gasteiger partial charge >= 0.3 is 16.1 Å². The molecule has 2 aromatic rings. The molecule has 1 aromatic heterocycles. The lowest BCUT2D eigenvalue weighted by molar-refractivity contribution is -0.150. The Labute approximate surface area is 236 Å². The Balaban J connectivity index is 1.49. The van der Waals surface area contributed by atoms with Gasteiger partial charge in [0, 0.05) is 17.3 Å². The number of benzene rings is 1. The van der Waals surface area contributed by atoms with Crippen molar-refractivity contribution in [1.82, 2.24) is 19.6 Å². The molecule has 0 bridgehead atoms. The van der Waals surface area contributed by atoms with Crippen LogP contribution in [-0.4, -0.2) is 75.1 Å². The van der Waals surface area contributed by atoms with Gasteiger partial charge in [0.15, 0.2) is 5.13 Å². The van der Waals surface area contributed by atoms with Crippen molar-refractivity contribution in [2.45, 2.75) is 23.2 Å². The first kappa shape index (κ1) is 28.8. The minimum Gasteiger partial charge on any atom is -0.477 e. The van der Waals surface area contributed by atoms with Crippen molar-refractivity contribution >= 4 is 62.0 Å². The van der Waals surface area contributed by atoms with Gasteiger partial charge in [-0.1, -0.05) is 35.5 Å². The number of anilines is 1. The van der Waals surface area contributed by atoms with Crippen molar-refractivity contribution < 1.29 is 36.9 Å². The highest BCUT2D eigenvalue weighted by Crippen LogP contribution is 2.40. The highest BCUT2D eigenvalue weighted by Gasteiger charge is 2.54. The number of aliphatic carboxylic acids is 1. The maximum absolute atomic E-state index is 13.0. The summed E-state index contributed by atoms with van der Waals surface area (Å²) in [5, 5.41) is 15.4. The highest BCUT2D eigenvalue weighted by atomic mass is 32.2. The molecule has 14 nitrogen and oxygen atoms in total. The van der Waals surface area contributed by atoms with Gasteiger partial charge in [-0.15, -0.1) is 11.8 Å². The fourth-order valence-electron chi connectivity index (χ4n) is 3.59. The molecule has 2 amide bonds. The van der Waals surface area contributed by atoms with Gasteiger partial charge in [-0.05, 0) is 30.7 Å². The van der Waals surface area contributed by atoms with Crippen molar-refractivity contribution in [2.75, 3.05) is 18.1 Å². The molecule has 2 aliphatic heterocycles. The van der Waals surface area contributed by atoms with Crippen LogP contribution in [0.4, 0.5) is 5.13 Å². The Morgan fingerprint density at radius 1 is 1.35 bits per heavy atom. The van der Waals surface area contributed by atoms with Gasteiger partial charge in [0.1, 0.15) is 34.9 Å². The number of aromatic nitrogens is 2. The molecule has 40 heavy (non-hydrogen) atoms. The zero-order chi connectivity index (χ0) is 29.0. The molecule has 0 spiro atoms. The van der Waals surface area contributed by atoms with Gasteiger partial charge in [0.05, 0.1) is 0 Å².